The molecule has 5 rings (SSSR count). The molecule has 0 spiro atoms. The largest absolute Gasteiger partial charge is 0.490 e. The molecule has 9 heteroatoms. The van der Waals surface area contributed by atoms with Crippen LogP contribution in [0.15, 0.2) is 97.1 Å². The van der Waals surface area contributed by atoms with Crippen LogP contribution in [0.5, 0.6) is 17.2 Å². The summed E-state index contributed by atoms with van der Waals surface area (Å²) < 4.78 is 12.2. The maximum absolute atomic E-state index is 12.6. The minimum absolute atomic E-state index is 0.0432. The fourth-order valence-corrected chi connectivity index (χ4v) is 5.13. The molecule has 0 aromatic heterocycles. The third-order valence-corrected chi connectivity index (χ3v) is 7.53. The van der Waals surface area contributed by atoms with Crippen molar-refractivity contribution in [2.75, 3.05) is 17.7 Å². The van der Waals surface area contributed by atoms with Gasteiger partial charge in [-0.15, -0.1) is 0 Å². The number of ether oxygens (including phenoxy) is 2. The second-order valence-corrected chi connectivity index (χ2v) is 10.7. The number of carboxylic acids is 1. The van der Waals surface area contributed by atoms with Crippen LogP contribution >= 0.6 is 0 Å². The monoisotopic (exact) mass is 593 g/mol. The number of benzene rings is 4. The highest BCUT2D eigenvalue weighted by molar-refractivity contribution is 6.01. The second-order valence-electron chi connectivity index (χ2n) is 10.7. The molecule has 0 radical (unpaired) electrons. The zero-order valence-electron chi connectivity index (χ0n) is 24.4. The predicted octanol–water partition coefficient (Wildman–Crippen LogP) is 6.52. The van der Waals surface area contributed by atoms with E-state index < -0.39 is 5.97 Å². The zero-order valence-corrected chi connectivity index (χ0v) is 24.4. The van der Waals surface area contributed by atoms with Crippen molar-refractivity contribution in [3.8, 4) is 17.2 Å². The number of aromatic carboxylic acids is 1. The summed E-state index contributed by atoms with van der Waals surface area (Å²) in [5.74, 6) is 0.586. The molecule has 4 N–H and O–H groups in total. The van der Waals surface area contributed by atoms with Crippen molar-refractivity contribution in [2.45, 2.75) is 44.2 Å². The summed E-state index contributed by atoms with van der Waals surface area (Å²) in [7, 11) is 1.85. The molecule has 2 amide bonds. The highest BCUT2D eigenvalue weighted by Gasteiger charge is 2.24. The zero-order chi connectivity index (χ0) is 30.9. The van der Waals surface area contributed by atoms with E-state index >= 15 is 0 Å². The number of carboxylic acid groups (broad SMARTS) is 1. The molecule has 0 heterocycles. The molecule has 0 atom stereocenters. The van der Waals surface area contributed by atoms with Crippen molar-refractivity contribution in [1.82, 2.24) is 5.32 Å². The quantitative estimate of drug-likeness (QED) is 0.156. The Morgan fingerprint density at radius 3 is 2.02 bits per heavy atom. The van der Waals surface area contributed by atoms with E-state index in [0.29, 0.717) is 17.1 Å². The van der Waals surface area contributed by atoms with Gasteiger partial charge in [0.1, 0.15) is 17.2 Å². The summed E-state index contributed by atoms with van der Waals surface area (Å²) in [6.45, 7) is 0. The van der Waals surface area contributed by atoms with Gasteiger partial charge in [0.15, 0.2) is 0 Å². The lowest BCUT2D eigenvalue weighted by Gasteiger charge is -2.29. The van der Waals surface area contributed by atoms with Crippen molar-refractivity contribution in [3.63, 3.8) is 0 Å². The van der Waals surface area contributed by atoms with E-state index in [1.165, 1.54) is 6.07 Å². The Kier molecular flexibility index (Phi) is 9.76. The molecular formula is C35H35N3O6. The summed E-state index contributed by atoms with van der Waals surface area (Å²) in [5, 5.41) is 18.2. The van der Waals surface area contributed by atoms with Crippen molar-refractivity contribution in [1.29, 1.82) is 0 Å². The molecule has 0 saturated heterocycles. The highest BCUT2D eigenvalue weighted by Crippen LogP contribution is 2.28. The molecule has 4 aromatic carbocycles. The van der Waals surface area contributed by atoms with Gasteiger partial charge in [0.25, 0.3) is 5.91 Å². The minimum Gasteiger partial charge on any atom is -0.490 e. The number of carbonyl (C=O) groups excluding carboxylic acids is 2. The molecule has 44 heavy (non-hydrogen) atoms. The van der Waals surface area contributed by atoms with Crippen LogP contribution in [0.3, 0.4) is 0 Å². The summed E-state index contributed by atoms with van der Waals surface area (Å²) in [5.41, 5.74) is 2.70. The summed E-state index contributed by atoms with van der Waals surface area (Å²) in [6, 6.07) is 28.5. The van der Waals surface area contributed by atoms with Crippen LogP contribution in [0.1, 0.15) is 52.0 Å². The Labute approximate surface area is 256 Å². The normalized spacial score (nSPS) is 15.9. The lowest BCUT2D eigenvalue weighted by atomic mass is 9.92. The van der Waals surface area contributed by atoms with E-state index in [1.807, 2.05) is 55.6 Å². The van der Waals surface area contributed by atoms with E-state index in [1.54, 1.807) is 42.5 Å². The molecule has 9 nitrogen and oxygen atoms in total. The second kappa shape index (κ2) is 14.2. The van der Waals surface area contributed by atoms with E-state index in [0.717, 1.165) is 42.7 Å². The Hall–Kier alpha value is -5.31. The number of carbonyl (C=O) groups is 3. The third-order valence-electron chi connectivity index (χ3n) is 7.53. The van der Waals surface area contributed by atoms with Crippen LogP contribution in [-0.2, 0) is 11.2 Å². The van der Waals surface area contributed by atoms with E-state index in [9.17, 15) is 19.5 Å². The smallest absolute Gasteiger partial charge is 0.337 e. The molecule has 0 unspecified atom stereocenters. The number of para-hydroxylation sites is 1. The molecule has 1 aliphatic carbocycles. The van der Waals surface area contributed by atoms with Gasteiger partial charge in [-0.2, -0.15) is 0 Å². The van der Waals surface area contributed by atoms with Crippen LogP contribution in [-0.4, -0.2) is 42.1 Å². The lowest BCUT2D eigenvalue weighted by Crippen LogP contribution is -2.39. The molecule has 0 bridgehead atoms. The van der Waals surface area contributed by atoms with Gasteiger partial charge in [-0.1, -0.05) is 24.3 Å². The maximum atomic E-state index is 12.6. The number of hydrogen-bond donors (Lipinski definition) is 4. The summed E-state index contributed by atoms with van der Waals surface area (Å²) in [4.78, 5) is 36.4. The Bertz CT molecular complexity index is 1580. The van der Waals surface area contributed by atoms with Crippen LogP contribution in [0.2, 0.25) is 0 Å². The van der Waals surface area contributed by atoms with Crippen molar-refractivity contribution in [3.05, 3.63) is 114 Å². The molecule has 4 aromatic rings. The molecule has 1 aliphatic rings. The number of nitrogens with one attached hydrogen (secondary N) is 3. The summed E-state index contributed by atoms with van der Waals surface area (Å²) >= 11 is 0. The van der Waals surface area contributed by atoms with Crippen molar-refractivity contribution < 1.29 is 29.0 Å². The third kappa shape index (κ3) is 8.16. The maximum Gasteiger partial charge on any atom is 0.337 e. The van der Waals surface area contributed by atoms with Gasteiger partial charge in [0.2, 0.25) is 5.91 Å². The lowest BCUT2D eigenvalue weighted by molar-refractivity contribution is -0.115. The standard InChI is InChI=1S/C35H35N3O6/c1-36-25-10-8-24(9-11-25)34(40)37-26-12-16-28(17-13-26)44-30-20-18-29(19-21-30)43-27-14-6-23(7-15-27)22-33(39)38-32-5-3-2-4-31(32)35(41)42/h2-11,14-15,18-21,26,28,36H,12-13,16-17,22H2,1H3,(H,37,40)(H,38,39)(H,41,42). The van der Waals surface area contributed by atoms with Gasteiger partial charge < -0.3 is 30.5 Å². The predicted molar refractivity (Wildman–Crippen MR) is 169 cm³/mol. The Morgan fingerprint density at radius 2 is 1.39 bits per heavy atom. The molecule has 1 saturated carbocycles. The SMILES string of the molecule is CNc1ccc(C(=O)NC2CCC(Oc3ccc(Oc4ccc(CC(=O)Nc5ccccc5C(=O)O)cc4)cc3)CC2)cc1. The topological polar surface area (TPSA) is 126 Å². The fraction of sp³-hybridized carbons (Fsp3) is 0.229. The number of anilines is 2. The molecule has 1 fully saturated rings. The number of amides is 2. The van der Waals surface area contributed by atoms with Gasteiger partial charge in [-0.3, -0.25) is 9.59 Å². The van der Waals surface area contributed by atoms with E-state index in [2.05, 4.69) is 16.0 Å². The van der Waals surface area contributed by atoms with Crippen LogP contribution in [0, 0.1) is 0 Å². The van der Waals surface area contributed by atoms with Gasteiger partial charge >= 0.3 is 5.97 Å². The Balaban J connectivity index is 1.05. The van der Waals surface area contributed by atoms with Crippen LogP contribution in [0.25, 0.3) is 0 Å². The van der Waals surface area contributed by atoms with Gasteiger partial charge in [-0.25, -0.2) is 4.79 Å². The van der Waals surface area contributed by atoms with Gasteiger partial charge in [0.05, 0.1) is 23.8 Å². The minimum atomic E-state index is -1.10. The average molecular weight is 594 g/mol. The molecule has 0 aliphatic heterocycles. The summed E-state index contributed by atoms with van der Waals surface area (Å²) in [6.07, 6.45) is 3.63. The van der Waals surface area contributed by atoms with Crippen molar-refractivity contribution >= 4 is 29.2 Å². The molecular weight excluding hydrogens is 558 g/mol. The highest BCUT2D eigenvalue weighted by atomic mass is 16.5. The first kappa shape index (κ1) is 30.2. The number of rotatable bonds is 11. The van der Waals surface area contributed by atoms with E-state index in [4.69, 9.17) is 9.47 Å². The average Bonchev–Trinajstić information content (AvgIpc) is 3.04. The van der Waals surface area contributed by atoms with Gasteiger partial charge in [-0.05, 0) is 104 Å². The van der Waals surface area contributed by atoms with Crippen molar-refractivity contribution in [2.24, 2.45) is 0 Å². The number of hydrogen-bond acceptors (Lipinski definition) is 6. The Morgan fingerprint density at radius 1 is 0.773 bits per heavy atom. The first-order valence-electron chi connectivity index (χ1n) is 14.6. The first-order valence-corrected chi connectivity index (χ1v) is 14.6. The van der Waals surface area contributed by atoms with E-state index in [-0.39, 0.29) is 41.6 Å². The van der Waals surface area contributed by atoms with Crippen LogP contribution < -0.4 is 25.4 Å². The van der Waals surface area contributed by atoms with Gasteiger partial charge in [0, 0.05) is 24.3 Å². The fourth-order valence-electron chi connectivity index (χ4n) is 5.13. The molecule has 226 valence electrons. The first-order chi connectivity index (χ1) is 21.4. The van der Waals surface area contributed by atoms with Crippen LogP contribution in [0.4, 0.5) is 11.4 Å².